The minimum absolute atomic E-state index is 0.000506. The highest BCUT2D eigenvalue weighted by Crippen LogP contribution is 2.27. The van der Waals surface area contributed by atoms with Gasteiger partial charge in [-0.25, -0.2) is 9.79 Å². The molecule has 0 spiro atoms. The third-order valence-electron chi connectivity index (χ3n) is 2.37. The molecule has 7 nitrogen and oxygen atoms in total. The van der Waals surface area contributed by atoms with Gasteiger partial charge in [0, 0.05) is 11.6 Å². The summed E-state index contributed by atoms with van der Waals surface area (Å²) in [6.45, 7) is 2.14. The number of benzene rings is 1. The lowest BCUT2D eigenvalue weighted by Gasteiger charge is -2.00. The van der Waals surface area contributed by atoms with Crippen LogP contribution in [0, 0.1) is 10.1 Å². The molecule has 1 aromatic rings. The Morgan fingerprint density at radius 1 is 1.55 bits per heavy atom. The molecule has 0 atom stereocenters. The highest BCUT2D eigenvalue weighted by molar-refractivity contribution is 6.32. The van der Waals surface area contributed by atoms with Crippen molar-refractivity contribution in [3.05, 3.63) is 50.9 Å². The van der Waals surface area contributed by atoms with Crippen LogP contribution in [-0.4, -0.2) is 23.4 Å². The van der Waals surface area contributed by atoms with Crippen molar-refractivity contribution in [2.75, 3.05) is 6.61 Å². The zero-order valence-electron chi connectivity index (χ0n) is 10.3. The van der Waals surface area contributed by atoms with Crippen LogP contribution in [0.3, 0.4) is 0 Å². The number of carbonyl (C=O) groups excluding carboxylic acids is 1. The minimum atomic E-state index is -0.675. The molecule has 1 aromatic carbocycles. The summed E-state index contributed by atoms with van der Waals surface area (Å²) in [5.74, 6) is -0.702. The number of rotatable bonds is 4. The third-order valence-corrected chi connectivity index (χ3v) is 2.69. The Morgan fingerprint density at radius 2 is 2.30 bits per heavy atom. The molecule has 0 unspecified atom stereocenters. The maximum Gasteiger partial charge on any atom is 0.367 e. The van der Waals surface area contributed by atoms with E-state index in [-0.39, 0.29) is 27.9 Å². The minimum Gasteiger partial charge on any atom is -0.499 e. The maximum atomic E-state index is 11.5. The van der Waals surface area contributed by atoms with Crippen LogP contribution in [0.1, 0.15) is 12.5 Å². The number of ether oxygens (including phenoxy) is 2. The number of hydrogen-bond donors (Lipinski definition) is 0. The summed E-state index contributed by atoms with van der Waals surface area (Å²) in [7, 11) is 0. The number of aliphatic imine (C=N–C) groups is 1. The lowest BCUT2D eigenvalue weighted by atomic mass is 10.2. The fourth-order valence-electron chi connectivity index (χ4n) is 1.46. The average molecular weight is 297 g/mol. The molecule has 0 N–H and O–H groups in total. The van der Waals surface area contributed by atoms with Crippen molar-refractivity contribution >= 4 is 29.2 Å². The number of nitrogens with zero attached hydrogens (tertiary/aromatic N) is 2. The Morgan fingerprint density at radius 3 is 2.95 bits per heavy atom. The number of cyclic esters (lactones) is 1. The van der Waals surface area contributed by atoms with Gasteiger partial charge in [0.15, 0.2) is 5.70 Å². The Bertz CT molecular complexity index is 639. The van der Waals surface area contributed by atoms with Crippen molar-refractivity contribution < 1.29 is 19.2 Å². The van der Waals surface area contributed by atoms with Crippen LogP contribution in [-0.2, 0) is 14.3 Å². The van der Waals surface area contributed by atoms with Gasteiger partial charge in [0.1, 0.15) is 11.3 Å². The van der Waals surface area contributed by atoms with Gasteiger partial charge < -0.3 is 9.47 Å². The van der Waals surface area contributed by atoms with Crippen LogP contribution in [0.2, 0.25) is 5.02 Å². The molecule has 0 aliphatic carbocycles. The number of esters is 1. The highest BCUT2D eigenvalue weighted by Gasteiger charge is 2.26. The molecule has 8 heteroatoms. The standard InChI is InChI=1S/C12H9ClN2O5/c1-2-19-6-9-12(16)20-11(14-9)7-3-4-8(13)10(5-7)15(17)18/h3-6H,2H2,1H3/b9-6+. The Hall–Kier alpha value is -2.41. The summed E-state index contributed by atoms with van der Waals surface area (Å²) < 4.78 is 9.88. The van der Waals surface area contributed by atoms with Crippen molar-refractivity contribution in [1.29, 1.82) is 0 Å². The first kappa shape index (κ1) is 14.0. The molecular weight excluding hydrogens is 288 g/mol. The van der Waals surface area contributed by atoms with Crippen LogP contribution in [0.25, 0.3) is 0 Å². The molecule has 0 saturated heterocycles. The van der Waals surface area contributed by atoms with E-state index in [1.165, 1.54) is 24.5 Å². The van der Waals surface area contributed by atoms with E-state index in [1.807, 2.05) is 0 Å². The average Bonchev–Trinajstić information content (AvgIpc) is 2.78. The SMILES string of the molecule is CCO/C=C1/N=C(c2ccc(Cl)c([N+](=O)[O-])c2)OC1=O. The van der Waals surface area contributed by atoms with Gasteiger partial charge in [-0.3, -0.25) is 10.1 Å². The molecule has 0 saturated carbocycles. The first-order valence-electron chi connectivity index (χ1n) is 5.60. The summed E-state index contributed by atoms with van der Waals surface area (Å²) in [6, 6.07) is 4.01. The van der Waals surface area contributed by atoms with E-state index in [9.17, 15) is 14.9 Å². The number of nitro benzene ring substituents is 1. The maximum absolute atomic E-state index is 11.5. The molecule has 2 rings (SSSR count). The summed E-state index contributed by atoms with van der Waals surface area (Å²) in [5, 5.41) is 10.8. The zero-order valence-corrected chi connectivity index (χ0v) is 11.1. The molecule has 0 bridgehead atoms. The lowest BCUT2D eigenvalue weighted by Crippen LogP contribution is -2.06. The van der Waals surface area contributed by atoms with Crippen molar-refractivity contribution in [2.24, 2.45) is 4.99 Å². The molecule has 0 amide bonds. The fraction of sp³-hybridized carbons (Fsp3) is 0.167. The molecule has 0 radical (unpaired) electrons. The van der Waals surface area contributed by atoms with E-state index >= 15 is 0 Å². The first-order valence-corrected chi connectivity index (χ1v) is 5.97. The summed E-state index contributed by atoms with van der Waals surface area (Å²) >= 11 is 5.70. The van der Waals surface area contributed by atoms with E-state index in [1.54, 1.807) is 6.92 Å². The summed E-state index contributed by atoms with van der Waals surface area (Å²) in [6.07, 6.45) is 1.18. The van der Waals surface area contributed by atoms with E-state index in [0.29, 0.717) is 6.61 Å². The third kappa shape index (κ3) is 2.77. The Balaban J connectivity index is 2.36. The summed E-state index contributed by atoms with van der Waals surface area (Å²) in [5.41, 5.74) is -0.000968. The molecule has 104 valence electrons. The summed E-state index contributed by atoms with van der Waals surface area (Å²) in [4.78, 5) is 25.6. The van der Waals surface area contributed by atoms with Crippen molar-refractivity contribution in [3.8, 4) is 0 Å². The monoisotopic (exact) mass is 296 g/mol. The topological polar surface area (TPSA) is 91.0 Å². The quantitative estimate of drug-likeness (QED) is 0.280. The predicted molar refractivity (Wildman–Crippen MR) is 70.4 cm³/mol. The van der Waals surface area contributed by atoms with Gasteiger partial charge in [0.2, 0.25) is 5.90 Å². The molecule has 1 aliphatic rings. The smallest absolute Gasteiger partial charge is 0.367 e. The van der Waals surface area contributed by atoms with E-state index in [2.05, 4.69) is 4.99 Å². The molecule has 1 aliphatic heterocycles. The van der Waals surface area contributed by atoms with Crippen LogP contribution < -0.4 is 0 Å². The van der Waals surface area contributed by atoms with Gasteiger partial charge in [-0.15, -0.1) is 0 Å². The molecule has 20 heavy (non-hydrogen) atoms. The van der Waals surface area contributed by atoms with Gasteiger partial charge >= 0.3 is 5.97 Å². The Kier molecular flexibility index (Phi) is 3.99. The highest BCUT2D eigenvalue weighted by atomic mass is 35.5. The number of hydrogen-bond acceptors (Lipinski definition) is 6. The van der Waals surface area contributed by atoms with Gasteiger partial charge in [-0.05, 0) is 19.1 Å². The molecule has 0 fully saturated rings. The predicted octanol–water partition coefficient (Wildman–Crippen LogP) is 2.43. The van der Waals surface area contributed by atoms with Gasteiger partial charge in [0.05, 0.1) is 11.5 Å². The van der Waals surface area contributed by atoms with Crippen LogP contribution in [0.15, 0.2) is 35.2 Å². The van der Waals surface area contributed by atoms with Crippen molar-refractivity contribution in [3.63, 3.8) is 0 Å². The van der Waals surface area contributed by atoms with Gasteiger partial charge in [0.25, 0.3) is 5.69 Å². The van der Waals surface area contributed by atoms with Crippen molar-refractivity contribution in [2.45, 2.75) is 6.92 Å². The van der Waals surface area contributed by atoms with E-state index < -0.39 is 10.9 Å². The van der Waals surface area contributed by atoms with Gasteiger partial charge in [-0.1, -0.05) is 11.6 Å². The van der Waals surface area contributed by atoms with Crippen LogP contribution in [0.4, 0.5) is 5.69 Å². The van der Waals surface area contributed by atoms with Crippen LogP contribution >= 0.6 is 11.6 Å². The number of nitro groups is 1. The van der Waals surface area contributed by atoms with E-state index in [0.717, 1.165) is 0 Å². The number of carbonyl (C=O) groups is 1. The van der Waals surface area contributed by atoms with Gasteiger partial charge in [-0.2, -0.15) is 0 Å². The molecular formula is C12H9ClN2O5. The molecule has 1 heterocycles. The normalized spacial score (nSPS) is 16.0. The van der Waals surface area contributed by atoms with Crippen LogP contribution in [0.5, 0.6) is 0 Å². The molecule has 0 aromatic heterocycles. The zero-order chi connectivity index (χ0) is 14.7. The Labute approximate surface area is 118 Å². The van der Waals surface area contributed by atoms with Crippen molar-refractivity contribution in [1.82, 2.24) is 0 Å². The fourth-order valence-corrected chi connectivity index (χ4v) is 1.65. The number of halogens is 1. The first-order chi connectivity index (χ1) is 9.52. The lowest BCUT2D eigenvalue weighted by molar-refractivity contribution is -0.384. The van der Waals surface area contributed by atoms with E-state index in [4.69, 9.17) is 21.1 Å². The second-order valence-electron chi connectivity index (χ2n) is 3.69. The largest absolute Gasteiger partial charge is 0.499 e. The second kappa shape index (κ2) is 5.70. The second-order valence-corrected chi connectivity index (χ2v) is 4.10.